The van der Waals surface area contributed by atoms with Gasteiger partial charge in [0, 0.05) is 17.7 Å². The molecule has 0 radical (unpaired) electrons. The average Bonchev–Trinajstić information content (AvgIpc) is 2.81. The Morgan fingerprint density at radius 1 is 0.677 bits per heavy atom. The third-order valence-corrected chi connectivity index (χ3v) is 4.49. The minimum absolute atomic E-state index is 0.404. The van der Waals surface area contributed by atoms with E-state index >= 15 is 0 Å². The van der Waals surface area contributed by atoms with Crippen LogP contribution >= 0.6 is 0 Å². The Balaban J connectivity index is 1.74. The van der Waals surface area contributed by atoms with Crippen LogP contribution in [-0.2, 0) is 4.74 Å². The lowest BCUT2D eigenvalue weighted by molar-refractivity contribution is 0.0846. The van der Waals surface area contributed by atoms with Crippen molar-refractivity contribution in [3.8, 4) is 11.5 Å². The van der Waals surface area contributed by atoms with Crippen LogP contribution in [0.4, 0.5) is 0 Å². The quantitative estimate of drug-likeness (QED) is 0.370. The molecule has 0 bridgehead atoms. The van der Waals surface area contributed by atoms with Gasteiger partial charge < -0.3 is 14.2 Å². The van der Waals surface area contributed by atoms with Crippen molar-refractivity contribution in [2.45, 2.75) is 39.5 Å². The van der Waals surface area contributed by atoms with E-state index in [9.17, 15) is 9.59 Å². The molecule has 0 unspecified atom stereocenters. The summed E-state index contributed by atoms with van der Waals surface area (Å²) < 4.78 is 16.4. The van der Waals surface area contributed by atoms with E-state index in [-0.39, 0.29) is 0 Å². The summed E-state index contributed by atoms with van der Waals surface area (Å²) >= 11 is 0. The number of benzene rings is 2. The van der Waals surface area contributed by atoms with Gasteiger partial charge in [0.05, 0.1) is 13.2 Å². The first-order valence-electron chi connectivity index (χ1n) is 10.8. The highest BCUT2D eigenvalue weighted by molar-refractivity contribution is 5.99. The van der Waals surface area contributed by atoms with Crippen LogP contribution in [0, 0.1) is 0 Å². The highest BCUT2D eigenvalue weighted by Crippen LogP contribution is 2.14. The first-order valence-corrected chi connectivity index (χ1v) is 10.8. The molecule has 2 aromatic rings. The van der Waals surface area contributed by atoms with Gasteiger partial charge in [0.2, 0.25) is 0 Å². The zero-order chi connectivity index (χ0) is 22.3. The minimum atomic E-state index is -0.416. The summed E-state index contributed by atoms with van der Waals surface area (Å²) in [5.74, 6) is 0.550. The molecule has 0 saturated carbocycles. The molecule has 0 saturated heterocycles. The Hall–Kier alpha value is -3.06. The van der Waals surface area contributed by atoms with E-state index in [0.717, 1.165) is 18.6 Å². The van der Waals surface area contributed by atoms with Crippen LogP contribution in [-0.4, -0.2) is 38.2 Å². The number of ether oxygens (including phenoxy) is 3. The third kappa shape index (κ3) is 9.09. The maximum atomic E-state index is 12.3. The van der Waals surface area contributed by atoms with Gasteiger partial charge in [-0.1, -0.05) is 26.2 Å². The second-order valence-electron chi connectivity index (χ2n) is 6.91. The number of hydrogen-bond acceptors (Lipinski definition) is 5. The summed E-state index contributed by atoms with van der Waals surface area (Å²) in [4.78, 5) is 24.5. The molecule has 168 valence electrons. The summed E-state index contributed by atoms with van der Waals surface area (Å²) in [6.07, 6.45) is 4.57. The molecule has 7 heteroatoms. The van der Waals surface area contributed by atoms with E-state index in [4.69, 9.17) is 14.2 Å². The maximum absolute atomic E-state index is 12.3. The molecular formula is C24H32N2O5. The van der Waals surface area contributed by atoms with Gasteiger partial charge in [-0.3, -0.25) is 20.4 Å². The molecule has 2 amide bonds. The van der Waals surface area contributed by atoms with E-state index in [1.165, 1.54) is 12.8 Å². The minimum Gasteiger partial charge on any atom is -0.494 e. The van der Waals surface area contributed by atoms with Crippen molar-refractivity contribution >= 4 is 11.8 Å². The standard InChI is InChI=1S/C24H32N2O5/c1-3-5-6-7-16-30-21-12-8-19(9-13-21)23(27)25-26-24(28)20-10-14-22(15-11-20)31-18-17-29-4-2/h8-15H,3-7,16-18H2,1-2H3,(H,25,27)(H,26,28). The Morgan fingerprint density at radius 2 is 1.19 bits per heavy atom. The van der Waals surface area contributed by atoms with E-state index in [1.807, 2.05) is 6.92 Å². The van der Waals surface area contributed by atoms with Gasteiger partial charge in [0.1, 0.15) is 18.1 Å². The number of nitrogens with one attached hydrogen (secondary N) is 2. The number of unbranched alkanes of at least 4 members (excludes halogenated alkanes) is 3. The highest BCUT2D eigenvalue weighted by atomic mass is 16.5. The van der Waals surface area contributed by atoms with Gasteiger partial charge >= 0.3 is 0 Å². The second-order valence-corrected chi connectivity index (χ2v) is 6.91. The molecule has 7 nitrogen and oxygen atoms in total. The average molecular weight is 429 g/mol. The fourth-order valence-corrected chi connectivity index (χ4v) is 2.74. The molecule has 0 spiro atoms. The van der Waals surface area contributed by atoms with E-state index < -0.39 is 11.8 Å². The van der Waals surface area contributed by atoms with Gasteiger partial charge in [-0.05, 0) is 61.9 Å². The second kappa shape index (κ2) is 14.0. The van der Waals surface area contributed by atoms with Crippen molar-refractivity contribution in [2.75, 3.05) is 26.4 Å². The molecule has 2 N–H and O–H groups in total. The van der Waals surface area contributed by atoms with Crippen LogP contribution in [0.15, 0.2) is 48.5 Å². The molecule has 0 atom stereocenters. The van der Waals surface area contributed by atoms with E-state index in [0.29, 0.717) is 43.3 Å². The van der Waals surface area contributed by atoms with E-state index in [2.05, 4.69) is 17.8 Å². The highest BCUT2D eigenvalue weighted by Gasteiger charge is 2.10. The Labute approximate surface area is 184 Å². The number of amides is 2. The van der Waals surface area contributed by atoms with Crippen LogP contribution in [0.5, 0.6) is 11.5 Å². The molecule has 0 aromatic heterocycles. The largest absolute Gasteiger partial charge is 0.494 e. The molecular weight excluding hydrogens is 396 g/mol. The van der Waals surface area contributed by atoms with Gasteiger partial charge in [0.15, 0.2) is 0 Å². The van der Waals surface area contributed by atoms with Gasteiger partial charge in [0.25, 0.3) is 11.8 Å². The molecule has 2 aromatic carbocycles. The van der Waals surface area contributed by atoms with Gasteiger partial charge in [-0.15, -0.1) is 0 Å². The third-order valence-electron chi connectivity index (χ3n) is 4.49. The molecule has 2 rings (SSSR count). The predicted molar refractivity (Wildman–Crippen MR) is 119 cm³/mol. The van der Waals surface area contributed by atoms with Crippen molar-refractivity contribution in [3.63, 3.8) is 0 Å². The van der Waals surface area contributed by atoms with Crippen molar-refractivity contribution in [1.29, 1.82) is 0 Å². The molecule has 0 fully saturated rings. The Morgan fingerprint density at radius 3 is 1.68 bits per heavy atom. The van der Waals surface area contributed by atoms with Crippen molar-refractivity contribution in [3.05, 3.63) is 59.7 Å². The van der Waals surface area contributed by atoms with Crippen molar-refractivity contribution < 1.29 is 23.8 Å². The van der Waals surface area contributed by atoms with Crippen molar-refractivity contribution in [2.24, 2.45) is 0 Å². The smallest absolute Gasteiger partial charge is 0.269 e. The molecule has 31 heavy (non-hydrogen) atoms. The number of carbonyl (C=O) groups is 2. The summed E-state index contributed by atoms with van der Waals surface area (Å²) in [5.41, 5.74) is 5.67. The van der Waals surface area contributed by atoms with E-state index in [1.54, 1.807) is 48.5 Å². The lowest BCUT2D eigenvalue weighted by atomic mass is 10.2. The fourth-order valence-electron chi connectivity index (χ4n) is 2.74. The van der Waals surface area contributed by atoms with Crippen molar-refractivity contribution in [1.82, 2.24) is 10.9 Å². The number of hydrazine groups is 1. The lowest BCUT2D eigenvalue weighted by Gasteiger charge is -2.10. The number of carbonyl (C=O) groups excluding carboxylic acids is 2. The summed E-state index contributed by atoms with van der Waals surface area (Å²) in [5, 5.41) is 0. The number of rotatable bonds is 13. The monoisotopic (exact) mass is 428 g/mol. The Kier molecular flexibility index (Phi) is 11.0. The zero-order valence-corrected chi connectivity index (χ0v) is 18.3. The van der Waals surface area contributed by atoms with Crippen LogP contribution in [0.25, 0.3) is 0 Å². The van der Waals surface area contributed by atoms with Crippen LogP contribution < -0.4 is 20.3 Å². The topological polar surface area (TPSA) is 85.9 Å². The fraction of sp³-hybridized carbons (Fsp3) is 0.417. The first-order chi connectivity index (χ1) is 15.1. The number of hydrogen-bond donors (Lipinski definition) is 2. The molecule has 0 heterocycles. The molecule has 0 aliphatic rings. The Bertz CT molecular complexity index is 791. The summed E-state index contributed by atoms with van der Waals surface area (Å²) in [6, 6.07) is 13.5. The maximum Gasteiger partial charge on any atom is 0.269 e. The van der Waals surface area contributed by atoms with Gasteiger partial charge in [-0.25, -0.2) is 0 Å². The summed E-state index contributed by atoms with van der Waals surface area (Å²) in [6.45, 7) is 6.36. The van der Waals surface area contributed by atoms with Crippen LogP contribution in [0.2, 0.25) is 0 Å². The van der Waals surface area contributed by atoms with Crippen LogP contribution in [0.3, 0.4) is 0 Å². The van der Waals surface area contributed by atoms with Gasteiger partial charge in [-0.2, -0.15) is 0 Å². The molecule has 0 aliphatic heterocycles. The van der Waals surface area contributed by atoms with Crippen LogP contribution in [0.1, 0.15) is 60.2 Å². The lowest BCUT2D eigenvalue weighted by Crippen LogP contribution is -2.41. The molecule has 0 aliphatic carbocycles. The normalized spacial score (nSPS) is 10.4. The predicted octanol–water partition coefficient (Wildman–Crippen LogP) is 4.14. The zero-order valence-electron chi connectivity index (χ0n) is 18.3. The first kappa shape index (κ1) is 24.2. The summed E-state index contributed by atoms with van der Waals surface area (Å²) in [7, 11) is 0. The SMILES string of the molecule is CCCCCCOc1ccc(C(=O)NNC(=O)c2ccc(OCCOCC)cc2)cc1.